The van der Waals surface area contributed by atoms with Crippen molar-refractivity contribution in [3.05, 3.63) is 44.9 Å². The second-order valence-corrected chi connectivity index (χ2v) is 5.16. The summed E-state index contributed by atoms with van der Waals surface area (Å²) >= 11 is 1.47. The zero-order chi connectivity index (χ0) is 13.8. The molecule has 0 radical (unpaired) electrons. The summed E-state index contributed by atoms with van der Waals surface area (Å²) in [5.74, 6) is -0.244. The molecule has 1 aromatic carbocycles. The Labute approximate surface area is 114 Å². The summed E-state index contributed by atoms with van der Waals surface area (Å²) in [6, 6.07) is 6.32. The molecule has 1 heterocycles. The van der Waals surface area contributed by atoms with E-state index >= 15 is 0 Å². The average molecular weight is 279 g/mol. The number of nitrogens with zero attached hydrogens (tertiary/aromatic N) is 1. The maximum absolute atomic E-state index is 11.5. The van der Waals surface area contributed by atoms with Gasteiger partial charge in [0.25, 0.3) is 5.69 Å². The minimum absolute atomic E-state index is 0.0651. The van der Waals surface area contributed by atoms with E-state index in [2.05, 4.69) is 0 Å². The number of ether oxygens (including phenoxy) is 1. The molecule has 0 atom stereocenters. The number of benzene rings is 1. The van der Waals surface area contributed by atoms with Crippen LogP contribution in [0.1, 0.15) is 19.8 Å². The molecule has 0 aliphatic carbocycles. The van der Waals surface area contributed by atoms with Gasteiger partial charge in [0.2, 0.25) is 0 Å². The molecule has 1 aromatic rings. The lowest BCUT2D eigenvalue weighted by Gasteiger charge is -2.06. The number of nitro benzene ring substituents is 1. The number of rotatable bonds is 4. The molecule has 6 heteroatoms. The van der Waals surface area contributed by atoms with Gasteiger partial charge in [0, 0.05) is 28.4 Å². The van der Waals surface area contributed by atoms with E-state index in [1.807, 2.05) is 6.92 Å². The number of non-ortho nitro benzene ring substituents is 1. The standard InChI is InChI=1S/C13H13NO4S/c1-2-12(11-7-8-18-13(11)15)19-10-5-3-9(4-6-10)14(16)17/h3-6H,2,7-8H2,1H3/b12-11-. The van der Waals surface area contributed by atoms with Gasteiger partial charge in [0.15, 0.2) is 0 Å². The number of carbonyl (C=O) groups excluding carboxylic acids is 1. The Morgan fingerprint density at radius 1 is 1.42 bits per heavy atom. The molecule has 1 fully saturated rings. The van der Waals surface area contributed by atoms with Gasteiger partial charge < -0.3 is 4.74 Å². The van der Waals surface area contributed by atoms with Gasteiger partial charge in [-0.25, -0.2) is 4.79 Å². The first-order chi connectivity index (χ1) is 9.11. The van der Waals surface area contributed by atoms with Gasteiger partial charge in [-0.1, -0.05) is 18.7 Å². The Balaban J connectivity index is 2.19. The van der Waals surface area contributed by atoms with Crippen molar-refractivity contribution in [3.8, 4) is 0 Å². The zero-order valence-corrected chi connectivity index (χ0v) is 11.2. The highest BCUT2D eigenvalue weighted by Crippen LogP contribution is 2.34. The fourth-order valence-electron chi connectivity index (χ4n) is 1.81. The zero-order valence-electron chi connectivity index (χ0n) is 10.4. The van der Waals surface area contributed by atoms with Crippen LogP contribution >= 0.6 is 11.8 Å². The van der Waals surface area contributed by atoms with Gasteiger partial charge in [0.05, 0.1) is 17.1 Å². The van der Waals surface area contributed by atoms with E-state index in [9.17, 15) is 14.9 Å². The predicted octanol–water partition coefficient (Wildman–Crippen LogP) is 3.30. The molecule has 2 rings (SSSR count). The molecule has 0 amide bonds. The highest BCUT2D eigenvalue weighted by Gasteiger charge is 2.22. The van der Waals surface area contributed by atoms with Gasteiger partial charge in [-0.05, 0) is 18.6 Å². The molecule has 0 spiro atoms. The van der Waals surface area contributed by atoms with E-state index in [1.165, 1.54) is 23.9 Å². The predicted molar refractivity (Wildman–Crippen MR) is 71.8 cm³/mol. The highest BCUT2D eigenvalue weighted by atomic mass is 32.2. The van der Waals surface area contributed by atoms with E-state index in [-0.39, 0.29) is 11.7 Å². The van der Waals surface area contributed by atoms with Crippen LogP contribution in [-0.4, -0.2) is 17.5 Å². The van der Waals surface area contributed by atoms with E-state index < -0.39 is 4.92 Å². The molecule has 0 saturated carbocycles. The van der Waals surface area contributed by atoms with E-state index in [4.69, 9.17) is 4.74 Å². The number of nitro groups is 1. The lowest BCUT2D eigenvalue weighted by Crippen LogP contribution is -1.97. The minimum atomic E-state index is -0.429. The molecule has 1 aliphatic rings. The number of cyclic esters (lactones) is 1. The second-order valence-electron chi connectivity index (χ2n) is 3.99. The van der Waals surface area contributed by atoms with Crippen molar-refractivity contribution < 1.29 is 14.5 Å². The molecular formula is C13H13NO4S. The van der Waals surface area contributed by atoms with Crippen LogP contribution in [0.3, 0.4) is 0 Å². The molecule has 5 nitrogen and oxygen atoms in total. The first-order valence-electron chi connectivity index (χ1n) is 5.93. The van der Waals surface area contributed by atoms with Crippen molar-refractivity contribution in [2.45, 2.75) is 24.7 Å². The number of carbonyl (C=O) groups is 1. The van der Waals surface area contributed by atoms with Crippen LogP contribution in [0.5, 0.6) is 0 Å². The topological polar surface area (TPSA) is 69.4 Å². The molecule has 0 aromatic heterocycles. The van der Waals surface area contributed by atoms with Crippen molar-refractivity contribution in [2.75, 3.05) is 6.61 Å². The number of hydrogen-bond acceptors (Lipinski definition) is 5. The lowest BCUT2D eigenvalue weighted by atomic mass is 10.2. The summed E-state index contributed by atoms with van der Waals surface area (Å²) in [5.41, 5.74) is 0.793. The fourth-order valence-corrected chi connectivity index (χ4v) is 2.82. The highest BCUT2D eigenvalue weighted by molar-refractivity contribution is 8.03. The summed E-state index contributed by atoms with van der Waals surface area (Å²) < 4.78 is 4.94. The first-order valence-corrected chi connectivity index (χ1v) is 6.75. The van der Waals surface area contributed by atoms with Crippen molar-refractivity contribution in [1.82, 2.24) is 0 Å². The Kier molecular flexibility index (Phi) is 4.21. The number of hydrogen-bond donors (Lipinski definition) is 0. The van der Waals surface area contributed by atoms with Gasteiger partial charge in [-0.3, -0.25) is 10.1 Å². The summed E-state index contributed by atoms with van der Waals surface area (Å²) in [7, 11) is 0. The summed E-state index contributed by atoms with van der Waals surface area (Å²) in [6.45, 7) is 2.42. The van der Waals surface area contributed by atoms with Crippen LogP contribution in [0, 0.1) is 10.1 Å². The Morgan fingerprint density at radius 2 is 2.11 bits per heavy atom. The van der Waals surface area contributed by atoms with Crippen molar-refractivity contribution in [1.29, 1.82) is 0 Å². The van der Waals surface area contributed by atoms with Crippen LogP contribution in [0.15, 0.2) is 39.6 Å². The molecule has 0 N–H and O–H groups in total. The summed E-state index contributed by atoms with van der Waals surface area (Å²) in [6.07, 6.45) is 1.38. The molecule has 0 unspecified atom stereocenters. The molecule has 1 saturated heterocycles. The lowest BCUT2D eigenvalue weighted by molar-refractivity contribution is -0.384. The van der Waals surface area contributed by atoms with Crippen molar-refractivity contribution in [2.24, 2.45) is 0 Å². The Morgan fingerprint density at radius 3 is 2.58 bits per heavy atom. The quantitative estimate of drug-likeness (QED) is 0.278. The second kappa shape index (κ2) is 5.88. The van der Waals surface area contributed by atoms with Gasteiger partial charge >= 0.3 is 5.97 Å². The molecule has 100 valence electrons. The Bertz CT molecular complexity index is 536. The molecule has 19 heavy (non-hydrogen) atoms. The van der Waals surface area contributed by atoms with Crippen LogP contribution in [0.2, 0.25) is 0 Å². The van der Waals surface area contributed by atoms with E-state index in [0.29, 0.717) is 13.0 Å². The SMILES string of the molecule is CC/C(Sc1ccc([N+](=O)[O-])cc1)=C1\CCOC1=O. The van der Waals surface area contributed by atoms with Crippen LogP contribution in [0.25, 0.3) is 0 Å². The molecule has 1 aliphatic heterocycles. The third-order valence-electron chi connectivity index (χ3n) is 2.78. The number of esters is 1. The number of allylic oxidation sites excluding steroid dienone is 1. The smallest absolute Gasteiger partial charge is 0.334 e. The van der Waals surface area contributed by atoms with Crippen LogP contribution in [0.4, 0.5) is 5.69 Å². The van der Waals surface area contributed by atoms with Gasteiger partial charge in [-0.15, -0.1) is 0 Å². The van der Waals surface area contributed by atoms with Gasteiger partial charge in [-0.2, -0.15) is 0 Å². The summed E-state index contributed by atoms with van der Waals surface area (Å²) in [4.78, 5) is 23.5. The maximum Gasteiger partial charge on any atom is 0.334 e. The average Bonchev–Trinajstić information content (AvgIpc) is 2.83. The normalized spacial score (nSPS) is 17.2. The summed E-state index contributed by atoms with van der Waals surface area (Å²) in [5, 5.41) is 10.6. The monoisotopic (exact) mass is 279 g/mol. The molecule has 0 bridgehead atoms. The first kappa shape index (κ1) is 13.6. The van der Waals surface area contributed by atoms with Gasteiger partial charge in [0.1, 0.15) is 0 Å². The molecular weight excluding hydrogens is 266 g/mol. The Hall–Kier alpha value is -1.82. The van der Waals surface area contributed by atoms with Crippen molar-refractivity contribution in [3.63, 3.8) is 0 Å². The minimum Gasteiger partial charge on any atom is -0.462 e. The van der Waals surface area contributed by atoms with E-state index in [1.54, 1.807) is 12.1 Å². The third-order valence-corrected chi connectivity index (χ3v) is 4.07. The fraction of sp³-hybridized carbons (Fsp3) is 0.308. The van der Waals surface area contributed by atoms with Crippen LogP contribution in [-0.2, 0) is 9.53 Å². The van der Waals surface area contributed by atoms with Crippen molar-refractivity contribution >= 4 is 23.4 Å². The van der Waals surface area contributed by atoms with E-state index in [0.717, 1.165) is 21.8 Å². The third kappa shape index (κ3) is 3.14. The maximum atomic E-state index is 11.5. The number of thioether (sulfide) groups is 1. The largest absolute Gasteiger partial charge is 0.462 e. The van der Waals surface area contributed by atoms with Crippen LogP contribution < -0.4 is 0 Å².